The van der Waals surface area contributed by atoms with Crippen LogP contribution in [-0.4, -0.2) is 69.8 Å². The van der Waals surface area contributed by atoms with Gasteiger partial charge in [0.15, 0.2) is 0 Å². The predicted octanol–water partition coefficient (Wildman–Crippen LogP) is 6.44. The zero-order valence-corrected chi connectivity index (χ0v) is 27.7. The Hall–Kier alpha value is -4.35. The standard InChI is InChI=1S/C35H40N6O4S/c1-22(34(43)45-35(3,4)5)26-14-16-40-17-18-41(20-29(26)40)31-23(2)30(44-25-9-7-6-8-10-25)12-11-27(31)38-32(42)28-21-46-33(39-28)24-13-15-36-37-19-24/h6-13,15,19,21-22,26,29H,14,16-18,20H2,1-5H3,(H,38,42)/t22?,26-,29-/m0/s1. The van der Waals surface area contributed by atoms with Gasteiger partial charge in [-0.1, -0.05) is 25.1 Å². The number of carbonyl (C=O) groups is 2. The molecule has 10 nitrogen and oxygen atoms in total. The van der Waals surface area contributed by atoms with Crippen molar-refractivity contribution in [2.45, 2.75) is 52.7 Å². The zero-order chi connectivity index (χ0) is 32.4. The number of aromatic nitrogens is 3. The van der Waals surface area contributed by atoms with E-state index in [1.165, 1.54) is 11.3 Å². The third kappa shape index (κ3) is 6.90. The average Bonchev–Trinajstić information content (AvgIpc) is 3.70. The van der Waals surface area contributed by atoms with Gasteiger partial charge < -0.3 is 19.7 Å². The number of para-hydroxylation sites is 1. The van der Waals surface area contributed by atoms with E-state index in [-0.39, 0.29) is 29.8 Å². The molecule has 11 heteroatoms. The maximum Gasteiger partial charge on any atom is 0.309 e. The van der Waals surface area contributed by atoms with E-state index in [0.717, 1.165) is 48.6 Å². The number of rotatable bonds is 8. The Bertz CT molecular complexity index is 1690. The van der Waals surface area contributed by atoms with Crippen LogP contribution < -0.4 is 15.0 Å². The van der Waals surface area contributed by atoms with E-state index in [1.54, 1.807) is 17.8 Å². The van der Waals surface area contributed by atoms with Gasteiger partial charge in [0.2, 0.25) is 0 Å². The summed E-state index contributed by atoms with van der Waals surface area (Å²) in [6.07, 6.45) is 4.18. The van der Waals surface area contributed by atoms with E-state index in [0.29, 0.717) is 28.7 Å². The lowest BCUT2D eigenvalue weighted by atomic mass is 9.86. The van der Waals surface area contributed by atoms with Gasteiger partial charge in [0.25, 0.3) is 5.91 Å². The second-order valence-corrected chi connectivity index (χ2v) is 13.8. The van der Waals surface area contributed by atoms with Crippen LogP contribution in [0.2, 0.25) is 0 Å². The van der Waals surface area contributed by atoms with Crippen molar-refractivity contribution in [3.8, 4) is 22.1 Å². The molecule has 3 atom stereocenters. The first-order valence-electron chi connectivity index (χ1n) is 15.7. The van der Waals surface area contributed by atoms with Gasteiger partial charge in [-0.15, -0.1) is 11.3 Å². The molecule has 2 aromatic carbocycles. The average molecular weight is 641 g/mol. The van der Waals surface area contributed by atoms with Crippen LogP contribution in [0.15, 0.2) is 66.3 Å². The molecule has 0 saturated carbocycles. The van der Waals surface area contributed by atoms with E-state index >= 15 is 0 Å². The molecule has 0 radical (unpaired) electrons. The van der Waals surface area contributed by atoms with Crippen LogP contribution in [0.4, 0.5) is 11.4 Å². The summed E-state index contributed by atoms with van der Waals surface area (Å²) >= 11 is 1.39. The van der Waals surface area contributed by atoms with Crippen molar-refractivity contribution in [3.05, 3.63) is 77.6 Å². The zero-order valence-electron chi connectivity index (χ0n) is 26.9. The third-order valence-electron chi connectivity index (χ3n) is 8.68. The van der Waals surface area contributed by atoms with Crippen molar-refractivity contribution < 1.29 is 19.1 Å². The molecular formula is C35H40N6O4S. The molecule has 1 N–H and O–H groups in total. The number of piperazine rings is 1. The number of thiazole rings is 1. The fraction of sp³-hybridized carbons (Fsp3) is 0.400. The smallest absolute Gasteiger partial charge is 0.309 e. The third-order valence-corrected chi connectivity index (χ3v) is 9.57. The molecule has 2 aromatic heterocycles. The van der Waals surface area contributed by atoms with Crippen LogP contribution in [0.3, 0.4) is 0 Å². The van der Waals surface area contributed by atoms with Gasteiger partial charge in [-0.25, -0.2) is 4.98 Å². The van der Waals surface area contributed by atoms with Crippen molar-refractivity contribution in [2.75, 3.05) is 36.4 Å². The van der Waals surface area contributed by atoms with Crippen LogP contribution in [0.25, 0.3) is 10.6 Å². The first-order chi connectivity index (χ1) is 22.1. The molecule has 2 fully saturated rings. The molecular weight excluding hydrogens is 600 g/mol. The highest BCUT2D eigenvalue weighted by Crippen LogP contribution is 2.42. The van der Waals surface area contributed by atoms with Crippen molar-refractivity contribution in [3.63, 3.8) is 0 Å². The van der Waals surface area contributed by atoms with Gasteiger partial charge in [0.1, 0.15) is 27.8 Å². The monoisotopic (exact) mass is 640 g/mol. The summed E-state index contributed by atoms with van der Waals surface area (Å²) in [4.78, 5) is 36.1. The van der Waals surface area contributed by atoms with Crippen molar-refractivity contribution >= 4 is 34.6 Å². The number of ether oxygens (including phenoxy) is 2. The van der Waals surface area contributed by atoms with E-state index in [1.807, 2.05) is 83.1 Å². The van der Waals surface area contributed by atoms with E-state index in [4.69, 9.17) is 9.47 Å². The van der Waals surface area contributed by atoms with Gasteiger partial charge in [-0.2, -0.15) is 10.2 Å². The summed E-state index contributed by atoms with van der Waals surface area (Å²) in [6, 6.07) is 15.5. The second kappa shape index (κ2) is 13.2. The molecule has 2 aliphatic heterocycles. The number of esters is 1. The molecule has 6 rings (SSSR count). The molecule has 1 amide bonds. The summed E-state index contributed by atoms with van der Waals surface area (Å²) in [6.45, 7) is 13.1. The molecule has 240 valence electrons. The summed E-state index contributed by atoms with van der Waals surface area (Å²) < 4.78 is 12.1. The number of nitrogens with zero attached hydrogens (tertiary/aromatic N) is 5. The van der Waals surface area contributed by atoms with Gasteiger partial charge >= 0.3 is 5.97 Å². The largest absolute Gasteiger partial charge is 0.460 e. The number of benzene rings is 2. The summed E-state index contributed by atoms with van der Waals surface area (Å²) in [5.74, 6) is 0.947. The quantitative estimate of drug-likeness (QED) is 0.218. The number of hydrogen-bond donors (Lipinski definition) is 1. The minimum atomic E-state index is -0.529. The highest BCUT2D eigenvalue weighted by molar-refractivity contribution is 7.13. The Morgan fingerprint density at radius 1 is 1.04 bits per heavy atom. The molecule has 4 heterocycles. The van der Waals surface area contributed by atoms with E-state index in [9.17, 15) is 9.59 Å². The van der Waals surface area contributed by atoms with Gasteiger partial charge in [-0.3, -0.25) is 14.5 Å². The SMILES string of the molecule is Cc1c(Oc2ccccc2)ccc(NC(=O)c2csc(-c3ccnnc3)n2)c1N1CCN2CC[C@@H](C(C)C(=O)OC(C)(C)C)[C@@H]2C1. The second-order valence-electron chi connectivity index (χ2n) is 12.9. The minimum Gasteiger partial charge on any atom is -0.460 e. The summed E-state index contributed by atoms with van der Waals surface area (Å²) in [5, 5.41) is 13.4. The number of carbonyl (C=O) groups excluding carboxylic acids is 2. The Morgan fingerprint density at radius 2 is 1.85 bits per heavy atom. The first-order valence-corrected chi connectivity index (χ1v) is 16.6. The molecule has 0 bridgehead atoms. The molecule has 2 aliphatic rings. The lowest BCUT2D eigenvalue weighted by Gasteiger charge is -2.42. The van der Waals surface area contributed by atoms with Gasteiger partial charge in [0, 0.05) is 42.2 Å². The molecule has 0 aliphatic carbocycles. The van der Waals surface area contributed by atoms with Gasteiger partial charge in [-0.05, 0) is 76.9 Å². The topological polar surface area (TPSA) is 110 Å². The Labute approximate surface area is 273 Å². The number of anilines is 2. The van der Waals surface area contributed by atoms with Gasteiger partial charge in [0.05, 0.1) is 29.7 Å². The van der Waals surface area contributed by atoms with Crippen molar-refractivity contribution in [1.82, 2.24) is 20.1 Å². The van der Waals surface area contributed by atoms with Crippen molar-refractivity contribution in [1.29, 1.82) is 0 Å². The molecule has 2 saturated heterocycles. The van der Waals surface area contributed by atoms with E-state index < -0.39 is 5.60 Å². The maximum atomic E-state index is 13.6. The predicted molar refractivity (Wildman–Crippen MR) is 179 cm³/mol. The molecule has 4 aromatic rings. The fourth-order valence-corrected chi connectivity index (χ4v) is 7.22. The lowest BCUT2D eigenvalue weighted by Crippen LogP contribution is -2.53. The summed E-state index contributed by atoms with van der Waals surface area (Å²) in [7, 11) is 0. The molecule has 0 spiro atoms. The Morgan fingerprint density at radius 3 is 2.59 bits per heavy atom. The van der Waals surface area contributed by atoms with Crippen LogP contribution in [0.1, 0.15) is 50.2 Å². The van der Waals surface area contributed by atoms with Crippen LogP contribution in [0, 0.1) is 18.8 Å². The van der Waals surface area contributed by atoms with Crippen LogP contribution in [0.5, 0.6) is 11.5 Å². The number of nitrogens with one attached hydrogen (secondary N) is 1. The number of amides is 1. The summed E-state index contributed by atoms with van der Waals surface area (Å²) in [5.41, 5.74) is 3.13. The van der Waals surface area contributed by atoms with Crippen LogP contribution >= 0.6 is 11.3 Å². The Kier molecular flexibility index (Phi) is 9.06. The van der Waals surface area contributed by atoms with E-state index in [2.05, 4.69) is 30.3 Å². The van der Waals surface area contributed by atoms with Crippen molar-refractivity contribution in [2.24, 2.45) is 11.8 Å². The molecule has 1 unspecified atom stereocenters. The highest BCUT2D eigenvalue weighted by Gasteiger charge is 2.44. The molecule has 46 heavy (non-hydrogen) atoms. The Balaban J connectivity index is 1.29. The number of hydrogen-bond acceptors (Lipinski definition) is 10. The maximum absolute atomic E-state index is 13.6. The fourth-order valence-electron chi connectivity index (χ4n) is 6.42. The number of fused-ring (bicyclic) bond motifs is 1. The normalized spacial score (nSPS) is 18.9. The lowest BCUT2D eigenvalue weighted by molar-refractivity contribution is -0.161. The highest BCUT2D eigenvalue weighted by atomic mass is 32.1. The minimum absolute atomic E-state index is 0.149. The first kappa shape index (κ1) is 31.6. The van der Waals surface area contributed by atoms with Crippen LogP contribution in [-0.2, 0) is 9.53 Å².